The molecule has 0 aliphatic carbocycles. The van der Waals surface area contributed by atoms with Crippen LogP contribution < -0.4 is 5.73 Å². The normalized spacial score (nSPS) is 19.2. The lowest BCUT2D eigenvalue weighted by molar-refractivity contribution is -0.128. The summed E-state index contributed by atoms with van der Waals surface area (Å²) in [6.45, 7) is 0. The third-order valence-electron chi connectivity index (χ3n) is 5.01. The number of carbonyl (C=O) groups is 1. The van der Waals surface area contributed by atoms with Gasteiger partial charge in [0.1, 0.15) is 5.54 Å². The molecule has 0 saturated heterocycles. The Bertz CT molecular complexity index is 1110. The zero-order chi connectivity index (χ0) is 19.7. The molecule has 3 aromatic rings. The molecule has 2 aromatic carbocycles. The van der Waals surface area contributed by atoms with Crippen LogP contribution >= 0.6 is 11.3 Å². The number of carbonyl (C=O) groups excluding carboxylic acids is 1. The fraction of sp³-hybridized carbons (Fsp3) is 0.136. The molecule has 2 heterocycles. The van der Waals surface area contributed by atoms with Crippen LogP contribution in [-0.4, -0.2) is 23.8 Å². The molecule has 1 aliphatic heterocycles. The summed E-state index contributed by atoms with van der Waals surface area (Å²) in [6.07, 6.45) is 0.215. The highest BCUT2D eigenvalue weighted by molar-refractivity contribution is 7.10. The maximum absolute atomic E-state index is 12.7. The fourth-order valence-corrected chi connectivity index (χ4v) is 4.50. The molecule has 5 nitrogen and oxygen atoms in total. The Morgan fingerprint density at radius 1 is 1.14 bits per heavy atom. The number of amides is 1. The van der Waals surface area contributed by atoms with Crippen molar-refractivity contribution in [1.29, 1.82) is 5.26 Å². The van der Waals surface area contributed by atoms with Crippen molar-refractivity contribution in [1.82, 2.24) is 4.90 Å². The molecule has 1 aromatic heterocycles. The lowest BCUT2D eigenvalue weighted by Crippen LogP contribution is -2.48. The zero-order valence-corrected chi connectivity index (χ0v) is 16.1. The van der Waals surface area contributed by atoms with Crippen LogP contribution in [0.5, 0.6) is 0 Å². The van der Waals surface area contributed by atoms with Gasteiger partial charge in [-0.2, -0.15) is 5.26 Å². The third kappa shape index (κ3) is 2.96. The van der Waals surface area contributed by atoms with Crippen molar-refractivity contribution in [3.63, 3.8) is 0 Å². The lowest BCUT2D eigenvalue weighted by Gasteiger charge is -2.36. The monoisotopic (exact) mass is 386 g/mol. The molecule has 1 unspecified atom stereocenters. The van der Waals surface area contributed by atoms with Crippen LogP contribution in [0.15, 0.2) is 71.0 Å². The number of nitrogens with zero attached hydrogens (tertiary/aromatic N) is 3. The molecule has 1 amide bonds. The quantitative estimate of drug-likeness (QED) is 0.745. The highest BCUT2D eigenvalue weighted by atomic mass is 32.1. The van der Waals surface area contributed by atoms with Gasteiger partial charge < -0.3 is 5.73 Å². The van der Waals surface area contributed by atoms with Crippen molar-refractivity contribution < 1.29 is 4.79 Å². The number of hydrogen-bond acceptors (Lipinski definition) is 5. The maximum atomic E-state index is 12.7. The molecule has 0 spiro atoms. The smallest absolute Gasteiger partial charge is 0.232 e. The van der Waals surface area contributed by atoms with E-state index >= 15 is 0 Å². The number of hydrogen-bond donors (Lipinski definition) is 1. The minimum atomic E-state index is -0.843. The average Bonchev–Trinajstić information content (AvgIpc) is 3.23. The van der Waals surface area contributed by atoms with Gasteiger partial charge in [-0.25, -0.2) is 4.99 Å². The molecule has 0 bridgehead atoms. The molecule has 1 atom stereocenters. The van der Waals surface area contributed by atoms with E-state index in [4.69, 9.17) is 16.0 Å². The first-order valence-electron chi connectivity index (χ1n) is 8.80. The van der Waals surface area contributed by atoms with E-state index in [0.717, 1.165) is 21.6 Å². The van der Waals surface area contributed by atoms with E-state index in [0.29, 0.717) is 5.56 Å². The molecule has 6 heteroatoms. The SMILES string of the molecule is CN1C(=O)CC(c2ccccc2)(c2cc(-c3cccc(C#N)c3)cs2)N=C1N. The van der Waals surface area contributed by atoms with E-state index in [1.165, 1.54) is 4.90 Å². The Kier molecular flexibility index (Phi) is 4.46. The fourth-order valence-electron chi connectivity index (χ4n) is 3.41. The molecule has 0 saturated carbocycles. The summed E-state index contributed by atoms with van der Waals surface area (Å²) in [4.78, 5) is 19.8. The predicted molar refractivity (Wildman–Crippen MR) is 111 cm³/mol. The summed E-state index contributed by atoms with van der Waals surface area (Å²) in [5, 5.41) is 11.2. The van der Waals surface area contributed by atoms with Crippen molar-refractivity contribution in [2.24, 2.45) is 10.7 Å². The predicted octanol–water partition coefficient (Wildman–Crippen LogP) is 3.71. The minimum Gasteiger partial charge on any atom is -0.369 e. The number of thiophene rings is 1. The molecule has 138 valence electrons. The number of nitriles is 1. The molecule has 4 rings (SSSR count). The van der Waals surface area contributed by atoms with Gasteiger partial charge in [0.25, 0.3) is 0 Å². The third-order valence-corrected chi connectivity index (χ3v) is 6.09. The molecule has 2 N–H and O–H groups in total. The molecule has 28 heavy (non-hydrogen) atoms. The highest BCUT2D eigenvalue weighted by Gasteiger charge is 2.42. The van der Waals surface area contributed by atoms with Crippen LogP contribution in [-0.2, 0) is 10.3 Å². The van der Waals surface area contributed by atoms with Gasteiger partial charge in [0.15, 0.2) is 5.96 Å². The Labute approximate surface area is 167 Å². The van der Waals surface area contributed by atoms with Gasteiger partial charge in [-0.15, -0.1) is 11.3 Å². The van der Waals surface area contributed by atoms with E-state index in [2.05, 4.69) is 6.07 Å². The number of guanidine groups is 1. The molecular weight excluding hydrogens is 368 g/mol. The van der Waals surface area contributed by atoms with Gasteiger partial charge in [0, 0.05) is 11.9 Å². The second kappa shape index (κ2) is 6.95. The topological polar surface area (TPSA) is 82.5 Å². The van der Waals surface area contributed by atoms with Crippen molar-refractivity contribution in [2.45, 2.75) is 12.0 Å². The van der Waals surface area contributed by atoms with Gasteiger partial charge in [-0.1, -0.05) is 42.5 Å². The molecule has 0 fully saturated rings. The van der Waals surface area contributed by atoms with Gasteiger partial charge in [0.05, 0.1) is 18.1 Å². The molecule has 0 radical (unpaired) electrons. The van der Waals surface area contributed by atoms with Crippen LogP contribution in [0.2, 0.25) is 0 Å². The van der Waals surface area contributed by atoms with E-state index in [1.54, 1.807) is 24.5 Å². The summed E-state index contributed by atoms with van der Waals surface area (Å²) >= 11 is 1.55. The Morgan fingerprint density at radius 3 is 2.64 bits per heavy atom. The van der Waals surface area contributed by atoms with Crippen molar-refractivity contribution in [3.8, 4) is 17.2 Å². The van der Waals surface area contributed by atoms with Gasteiger partial charge in [0.2, 0.25) is 5.91 Å². The maximum Gasteiger partial charge on any atom is 0.232 e. The van der Waals surface area contributed by atoms with Crippen LogP contribution in [0, 0.1) is 11.3 Å². The average molecular weight is 386 g/mol. The largest absolute Gasteiger partial charge is 0.369 e. The minimum absolute atomic E-state index is 0.0715. The van der Waals surface area contributed by atoms with Gasteiger partial charge >= 0.3 is 0 Å². The summed E-state index contributed by atoms with van der Waals surface area (Å²) in [5.74, 6) is 0.138. The van der Waals surface area contributed by atoms with E-state index < -0.39 is 5.54 Å². The first kappa shape index (κ1) is 18.0. The number of rotatable bonds is 3. The van der Waals surface area contributed by atoms with Crippen molar-refractivity contribution in [2.75, 3.05) is 7.05 Å². The van der Waals surface area contributed by atoms with E-state index in [9.17, 15) is 4.79 Å². The molecular formula is C22H18N4OS. The number of nitrogens with two attached hydrogens (primary N) is 1. The van der Waals surface area contributed by atoms with E-state index in [1.807, 2.05) is 60.0 Å². The van der Waals surface area contributed by atoms with E-state index in [-0.39, 0.29) is 18.3 Å². The van der Waals surface area contributed by atoms with Crippen LogP contribution in [0.3, 0.4) is 0 Å². The van der Waals surface area contributed by atoms with Crippen LogP contribution in [0.4, 0.5) is 0 Å². The summed E-state index contributed by atoms with van der Waals surface area (Å²) < 4.78 is 0. The Morgan fingerprint density at radius 2 is 1.93 bits per heavy atom. The number of aliphatic imine (C=N–C) groups is 1. The highest BCUT2D eigenvalue weighted by Crippen LogP contribution is 2.44. The first-order chi connectivity index (χ1) is 13.5. The van der Waals surface area contributed by atoms with Crippen molar-refractivity contribution >= 4 is 23.2 Å². The molecule has 1 aliphatic rings. The van der Waals surface area contributed by atoms with Crippen LogP contribution in [0.25, 0.3) is 11.1 Å². The Hall–Kier alpha value is -3.43. The summed E-state index contributed by atoms with van der Waals surface area (Å²) in [5.41, 5.74) is 8.75. The van der Waals surface area contributed by atoms with Gasteiger partial charge in [-0.05, 0) is 40.3 Å². The Balaban J connectivity index is 1.87. The second-order valence-electron chi connectivity index (χ2n) is 6.72. The number of benzene rings is 2. The van der Waals surface area contributed by atoms with Crippen LogP contribution in [0.1, 0.15) is 22.4 Å². The van der Waals surface area contributed by atoms with Gasteiger partial charge in [-0.3, -0.25) is 9.69 Å². The first-order valence-corrected chi connectivity index (χ1v) is 9.68. The lowest BCUT2D eigenvalue weighted by atomic mass is 9.83. The second-order valence-corrected chi connectivity index (χ2v) is 7.63. The van der Waals surface area contributed by atoms with Crippen molar-refractivity contribution in [3.05, 3.63) is 82.0 Å². The zero-order valence-electron chi connectivity index (χ0n) is 15.3. The summed E-state index contributed by atoms with van der Waals surface area (Å²) in [6, 6.07) is 21.5. The standard InChI is InChI=1S/C22H18N4OS/c1-26-20(27)12-22(25-21(26)24,18-8-3-2-4-9-18)19-11-17(14-28-19)16-7-5-6-15(10-16)13-23/h2-11,14H,12H2,1H3,(H2,24,25). The summed E-state index contributed by atoms with van der Waals surface area (Å²) in [7, 11) is 1.64.